The summed E-state index contributed by atoms with van der Waals surface area (Å²) in [5.41, 5.74) is 2.72. The molecule has 1 fully saturated rings. The second kappa shape index (κ2) is 12.1. The van der Waals surface area contributed by atoms with Gasteiger partial charge >= 0.3 is 0 Å². The van der Waals surface area contributed by atoms with Crippen LogP contribution in [0.4, 0.5) is 11.4 Å². The smallest absolute Gasteiger partial charge is 0.253 e. The summed E-state index contributed by atoms with van der Waals surface area (Å²) in [6.07, 6.45) is 7.71. The average Bonchev–Trinajstić information content (AvgIpc) is 2.82. The topological polar surface area (TPSA) is 52.7 Å². The molecule has 2 aromatic rings. The maximum atomic E-state index is 12.6. The van der Waals surface area contributed by atoms with Gasteiger partial charge in [0.05, 0.1) is 0 Å². The van der Waals surface area contributed by atoms with Crippen molar-refractivity contribution >= 4 is 23.2 Å². The van der Waals surface area contributed by atoms with E-state index in [9.17, 15) is 9.59 Å². The van der Waals surface area contributed by atoms with Crippen LogP contribution in [0.25, 0.3) is 0 Å². The standard InChI is InChI=1S/C26H35N3O2/c1-2-3-4-5-6-10-13-25(30)27-23-14-16-24(17-15-23)28-18-20-29(21-19-28)26(31)22-11-8-7-9-12-22/h7-9,11-12,14-17H,2-6,10,13,18-21H2,1H3,(H,27,30). The lowest BCUT2D eigenvalue weighted by molar-refractivity contribution is -0.116. The van der Waals surface area contributed by atoms with Crippen LogP contribution in [0.1, 0.15) is 62.2 Å². The highest BCUT2D eigenvalue weighted by Crippen LogP contribution is 2.20. The lowest BCUT2D eigenvalue weighted by Gasteiger charge is -2.36. The molecule has 31 heavy (non-hydrogen) atoms. The van der Waals surface area contributed by atoms with Crippen molar-refractivity contribution in [1.29, 1.82) is 0 Å². The Balaban J connectivity index is 1.40. The second-order valence-electron chi connectivity index (χ2n) is 8.26. The van der Waals surface area contributed by atoms with Crippen molar-refractivity contribution in [3.63, 3.8) is 0 Å². The maximum absolute atomic E-state index is 12.6. The molecule has 1 heterocycles. The van der Waals surface area contributed by atoms with Crippen molar-refractivity contribution in [2.24, 2.45) is 0 Å². The van der Waals surface area contributed by atoms with Crippen molar-refractivity contribution in [3.05, 3.63) is 60.2 Å². The minimum atomic E-state index is 0.0938. The number of piperazine rings is 1. The predicted molar refractivity (Wildman–Crippen MR) is 128 cm³/mol. The zero-order valence-electron chi connectivity index (χ0n) is 18.7. The Labute approximate surface area is 186 Å². The molecule has 2 aromatic carbocycles. The van der Waals surface area contributed by atoms with Gasteiger partial charge in [0, 0.05) is 49.5 Å². The number of nitrogens with one attached hydrogen (secondary N) is 1. The molecule has 0 bridgehead atoms. The Bertz CT molecular complexity index is 812. The maximum Gasteiger partial charge on any atom is 0.253 e. The van der Waals surface area contributed by atoms with E-state index in [1.807, 2.05) is 47.4 Å². The van der Waals surface area contributed by atoms with Gasteiger partial charge in [-0.3, -0.25) is 9.59 Å². The van der Waals surface area contributed by atoms with Crippen LogP contribution in [0.5, 0.6) is 0 Å². The number of carbonyl (C=O) groups excluding carboxylic acids is 2. The third kappa shape index (κ3) is 7.12. The fourth-order valence-corrected chi connectivity index (χ4v) is 3.98. The molecule has 0 aliphatic carbocycles. The molecular weight excluding hydrogens is 386 g/mol. The molecule has 1 aliphatic heterocycles. The monoisotopic (exact) mass is 421 g/mol. The Morgan fingerprint density at radius 3 is 2.13 bits per heavy atom. The molecule has 0 spiro atoms. The quantitative estimate of drug-likeness (QED) is 0.527. The molecular formula is C26H35N3O2. The number of amides is 2. The van der Waals surface area contributed by atoms with Crippen LogP contribution in [-0.2, 0) is 4.79 Å². The Kier molecular flexibility index (Phi) is 8.95. The Morgan fingerprint density at radius 2 is 1.45 bits per heavy atom. The summed E-state index contributed by atoms with van der Waals surface area (Å²) in [5, 5.41) is 3.00. The van der Waals surface area contributed by atoms with E-state index in [0.717, 1.165) is 42.9 Å². The highest BCUT2D eigenvalue weighted by molar-refractivity contribution is 5.94. The SMILES string of the molecule is CCCCCCCCC(=O)Nc1ccc(N2CCN(C(=O)c3ccccc3)CC2)cc1. The number of hydrogen-bond acceptors (Lipinski definition) is 3. The van der Waals surface area contributed by atoms with E-state index in [1.54, 1.807) is 0 Å². The summed E-state index contributed by atoms with van der Waals surface area (Å²) in [6, 6.07) is 17.5. The second-order valence-corrected chi connectivity index (χ2v) is 8.26. The van der Waals surface area contributed by atoms with Crippen LogP contribution in [0.2, 0.25) is 0 Å². The van der Waals surface area contributed by atoms with Gasteiger partial charge in [-0.05, 0) is 42.8 Å². The van der Waals surface area contributed by atoms with Gasteiger partial charge in [-0.25, -0.2) is 0 Å². The molecule has 0 radical (unpaired) electrons. The third-order valence-corrected chi connectivity index (χ3v) is 5.86. The van der Waals surface area contributed by atoms with E-state index in [1.165, 1.54) is 25.7 Å². The molecule has 1 saturated heterocycles. The van der Waals surface area contributed by atoms with Crippen LogP contribution < -0.4 is 10.2 Å². The number of rotatable bonds is 10. The summed E-state index contributed by atoms with van der Waals surface area (Å²) in [4.78, 5) is 29.0. The summed E-state index contributed by atoms with van der Waals surface area (Å²) >= 11 is 0. The summed E-state index contributed by atoms with van der Waals surface area (Å²) in [6.45, 7) is 5.26. The Hall–Kier alpha value is -2.82. The summed E-state index contributed by atoms with van der Waals surface area (Å²) < 4.78 is 0. The van der Waals surface area contributed by atoms with Gasteiger partial charge in [-0.1, -0.05) is 57.2 Å². The van der Waals surface area contributed by atoms with Gasteiger partial charge in [-0.2, -0.15) is 0 Å². The van der Waals surface area contributed by atoms with Crippen LogP contribution >= 0.6 is 0 Å². The molecule has 1 aliphatic rings. The Morgan fingerprint density at radius 1 is 0.806 bits per heavy atom. The van der Waals surface area contributed by atoms with Gasteiger partial charge in [0.2, 0.25) is 5.91 Å². The number of benzene rings is 2. The minimum absolute atomic E-state index is 0.0938. The van der Waals surface area contributed by atoms with E-state index in [4.69, 9.17) is 0 Å². The number of carbonyl (C=O) groups is 2. The van der Waals surface area contributed by atoms with Crippen LogP contribution in [0, 0.1) is 0 Å². The summed E-state index contributed by atoms with van der Waals surface area (Å²) in [7, 11) is 0. The molecule has 0 unspecified atom stereocenters. The van der Waals surface area contributed by atoms with Crippen molar-refractivity contribution in [2.45, 2.75) is 51.9 Å². The number of hydrogen-bond donors (Lipinski definition) is 1. The van der Waals surface area contributed by atoms with E-state index >= 15 is 0 Å². The first kappa shape index (κ1) is 22.9. The van der Waals surface area contributed by atoms with Crippen LogP contribution in [0.15, 0.2) is 54.6 Å². The average molecular weight is 422 g/mol. The summed E-state index contributed by atoms with van der Waals surface area (Å²) in [5.74, 6) is 0.194. The van der Waals surface area contributed by atoms with Gasteiger partial charge in [0.25, 0.3) is 5.91 Å². The molecule has 166 valence electrons. The van der Waals surface area contributed by atoms with Crippen LogP contribution in [0.3, 0.4) is 0 Å². The molecule has 3 rings (SSSR count). The van der Waals surface area contributed by atoms with Crippen molar-refractivity contribution in [1.82, 2.24) is 4.90 Å². The molecule has 0 aromatic heterocycles. The third-order valence-electron chi connectivity index (χ3n) is 5.86. The zero-order valence-corrected chi connectivity index (χ0v) is 18.7. The lowest BCUT2D eigenvalue weighted by atomic mass is 10.1. The van der Waals surface area contributed by atoms with E-state index in [0.29, 0.717) is 19.5 Å². The molecule has 0 atom stereocenters. The fourth-order valence-electron chi connectivity index (χ4n) is 3.98. The molecule has 0 saturated carbocycles. The normalized spacial score (nSPS) is 13.8. The first-order chi connectivity index (χ1) is 15.2. The van der Waals surface area contributed by atoms with Gasteiger partial charge in [0.15, 0.2) is 0 Å². The number of nitrogens with zero attached hydrogens (tertiary/aromatic N) is 2. The largest absolute Gasteiger partial charge is 0.368 e. The van der Waals surface area contributed by atoms with E-state index in [2.05, 4.69) is 29.3 Å². The van der Waals surface area contributed by atoms with Crippen molar-refractivity contribution < 1.29 is 9.59 Å². The highest BCUT2D eigenvalue weighted by atomic mass is 16.2. The fraction of sp³-hybridized carbons (Fsp3) is 0.462. The highest BCUT2D eigenvalue weighted by Gasteiger charge is 2.22. The van der Waals surface area contributed by atoms with E-state index in [-0.39, 0.29) is 11.8 Å². The number of anilines is 2. The zero-order chi connectivity index (χ0) is 21.9. The minimum Gasteiger partial charge on any atom is -0.368 e. The van der Waals surface area contributed by atoms with Crippen molar-refractivity contribution in [3.8, 4) is 0 Å². The van der Waals surface area contributed by atoms with Crippen molar-refractivity contribution in [2.75, 3.05) is 36.4 Å². The molecule has 2 amide bonds. The number of unbranched alkanes of at least 4 members (excludes halogenated alkanes) is 5. The first-order valence-corrected chi connectivity index (χ1v) is 11.7. The van der Waals surface area contributed by atoms with Gasteiger partial charge in [-0.15, -0.1) is 0 Å². The lowest BCUT2D eigenvalue weighted by Crippen LogP contribution is -2.48. The van der Waals surface area contributed by atoms with Gasteiger partial charge in [0.1, 0.15) is 0 Å². The van der Waals surface area contributed by atoms with E-state index < -0.39 is 0 Å². The van der Waals surface area contributed by atoms with Gasteiger partial charge < -0.3 is 15.1 Å². The van der Waals surface area contributed by atoms with Crippen LogP contribution in [-0.4, -0.2) is 42.9 Å². The predicted octanol–water partition coefficient (Wildman–Crippen LogP) is 5.34. The molecule has 1 N–H and O–H groups in total. The first-order valence-electron chi connectivity index (χ1n) is 11.7. The molecule has 5 heteroatoms. The molecule has 5 nitrogen and oxygen atoms in total.